The van der Waals surface area contributed by atoms with Crippen molar-refractivity contribution >= 4 is 5.82 Å². The van der Waals surface area contributed by atoms with Crippen LogP contribution < -0.4 is 5.32 Å². The highest BCUT2D eigenvalue weighted by Crippen LogP contribution is 2.00. The van der Waals surface area contributed by atoms with Crippen LogP contribution >= 0.6 is 0 Å². The number of aromatic nitrogens is 2. The lowest BCUT2D eigenvalue weighted by molar-refractivity contribution is 0.0215. The number of ether oxygens (including phenoxy) is 1. The van der Waals surface area contributed by atoms with Crippen LogP contribution in [0.4, 0.5) is 14.6 Å². The lowest BCUT2D eigenvalue weighted by atomic mass is 10.5. The Kier molecular flexibility index (Phi) is 4.89. The summed E-state index contributed by atoms with van der Waals surface area (Å²) in [6.07, 6.45) is -0.781. The van der Waals surface area contributed by atoms with Gasteiger partial charge in [-0.1, -0.05) is 0 Å². The van der Waals surface area contributed by atoms with Crippen LogP contribution in [-0.2, 0) is 4.74 Å². The van der Waals surface area contributed by atoms with Crippen LogP contribution in [0.1, 0.15) is 5.82 Å². The Morgan fingerprint density at radius 1 is 1.53 bits per heavy atom. The van der Waals surface area contributed by atoms with E-state index in [0.29, 0.717) is 18.2 Å². The molecule has 0 radical (unpaired) electrons. The third-order valence-electron chi connectivity index (χ3n) is 1.57. The van der Waals surface area contributed by atoms with Crippen molar-refractivity contribution in [1.82, 2.24) is 9.97 Å². The summed E-state index contributed by atoms with van der Waals surface area (Å²) >= 11 is 0. The molecule has 0 aliphatic heterocycles. The van der Waals surface area contributed by atoms with Crippen LogP contribution in [0.3, 0.4) is 0 Å². The molecule has 0 saturated carbocycles. The van der Waals surface area contributed by atoms with Gasteiger partial charge in [0.05, 0.1) is 6.61 Å². The molecule has 0 aliphatic carbocycles. The average Bonchev–Trinajstić information content (AvgIpc) is 2.17. The Hall–Kier alpha value is -1.30. The van der Waals surface area contributed by atoms with Crippen LogP contribution in [0.15, 0.2) is 12.3 Å². The van der Waals surface area contributed by atoms with Gasteiger partial charge in [-0.15, -0.1) is 0 Å². The van der Waals surface area contributed by atoms with Crippen molar-refractivity contribution in [2.45, 2.75) is 13.3 Å². The van der Waals surface area contributed by atoms with Crippen molar-refractivity contribution in [2.75, 3.05) is 25.1 Å². The molecule has 15 heavy (non-hydrogen) atoms. The molecule has 1 heterocycles. The van der Waals surface area contributed by atoms with Gasteiger partial charge in [-0.25, -0.2) is 18.7 Å². The van der Waals surface area contributed by atoms with Crippen molar-refractivity contribution < 1.29 is 13.5 Å². The summed E-state index contributed by atoms with van der Waals surface area (Å²) in [4.78, 5) is 8.01. The minimum Gasteiger partial charge on any atom is -0.374 e. The molecule has 0 spiro atoms. The van der Waals surface area contributed by atoms with Crippen LogP contribution in [-0.4, -0.2) is 36.2 Å². The Bertz CT molecular complexity index is 296. The number of halogens is 2. The second kappa shape index (κ2) is 6.23. The zero-order chi connectivity index (χ0) is 11.1. The summed E-state index contributed by atoms with van der Waals surface area (Å²) in [5.74, 6) is 1.33. The van der Waals surface area contributed by atoms with Gasteiger partial charge < -0.3 is 10.1 Å². The van der Waals surface area contributed by atoms with Crippen LogP contribution in [0, 0.1) is 6.92 Å². The van der Waals surface area contributed by atoms with E-state index >= 15 is 0 Å². The first-order chi connectivity index (χ1) is 7.18. The second-order valence-corrected chi connectivity index (χ2v) is 2.88. The van der Waals surface area contributed by atoms with Crippen LogP contribution in [0.5, 0.6) is 0 Å². The van der Waals surface area contributed by atoms with Gasteiger partial charge in [0.2, 0.25) is 0 Å². The molecule has 0 fully saturated rings. The average molecular weight is 217 g/mol. The number of nitrogens with zero attached hydrogens (tertiary/aromatic N) is 2. The molecule has 1 rings (SSSR count). The molecule has 1 aromatic heterocycles. The summed E-state index contributed by atoms with van der Waals surface area (Å²) in [7, 11) is 0. The largest absolute Gasteiger partial charge is 0.374 e. The van der Waals surface area contributed by atoms with E-state index in [4.69, 9.17) is 4.74 Å². The Labute approximate surface area is 86.7 Å². The van der Waals surface area contributed by atoms with Gasteiger partial charge in [0.1, 0.15) is 18.2 Å². The van der Waals surface area contributed by atoms with Crippen LogP contribution in [0.2, 0.25) is 0 Å². The monoisotopic (exact) mass is 217 g/mol. The molecule has 0 amide bonds. The Balaban J connectivity index is 2.15. The smallest absolute Gasteiger partial charge is 0.261 e. The molecule has 6 heteroatoms. The van der Waals surface area contributed by atoms with E-state index in [-0.39, 0.29) is 6.61 Å². The highest BCUT2D eigenvalue weighted by atomic mass is 19.3. The molecule has 84 valence electrons. The van der Waals surface area contributed by atoms with Crippen molar-refractivity contribution in [2.24, 2.45) is 0 Å². The predicted molar refractivity (Wildman–Crippen MR) is 52.1 cm³/mol. The lowest BCUT2D eigenvalue weighted by Crippen LogP contribution is -2.13. The molecule has 0 bridgehead atoms. The summed E-state index contributed by atoms with van der Waals surface area (Å²) in [6.45, 7) is 1.93. The summed E-state index contributed by atoms with van der Waals surface area (Å²) in [5, 5.41) is 2.94. The minimum atomic E-state index is -2.41. The highest BCUT2D eigenvalue weighted by molar-refractivity contribution is 5.32. The molecule has 1 aromatic rings. The number of hydrogen-bond acceptors (Lipinski definition) is 4. The molecule has 4 nitrogen and oxygen atoms in total. The van der Waals surface area contributed by atoms with Gasteiger partial charge >= 0.3 is 0 Å². The molecule has 0 atom stereocenters. The van der Waals surface area contributed by atoms with Gasteiger partial charge in [-0.05, 0) is 13.0 Å². The fourth-order valence-electron chi connectivity index (χ4n) is 0.978. The van der Waals surface area contributed by atoms with Crippen molar-refractivity contribution in [3.63, 3.8) is 0 Å². The number of alkyl halides is 2. The van der Waals surface area contributed by atoms with Crippen LogP contribution in [0.25, 0.3) is 0 Å². The molecule has 0 unspecified atom stereocenters. The quantitative estimate of drug-likeness (QED) is 0.733. The maximum atomic E-state index is 11.7. The van der Waals surface area contributed by atoms with Crippen molar-refractivity contribution in [1.29, 1.82) is 0 Å². The molecule has 1 N–H and O–H groups in total. The fraction of sp³-hybridized carbons (Fsp3) is 0.556. The van der Waals surface area contributed by atoms with Gasteiger partial charge in [0, 0.05) is 12.7 Å². The Morgan fingerprint density at radius 2 is 2.33 bits per heavy atom. The summed E-state index contributed by atoms with van der Waals surface area (Å²) < 4.78 is 28.0. The van der Waals surface area contributed by atoms with E-state index in [1.165, 1.54) is 0 Å². The third kappa shape index (κ3) is 5.21. The molecule has 0 aliphatic rings. The van der Waals surface area contributed by atoms with E-state index < -0.39 is 13.0 Å². The number of anilines is 1. The molecule has 0 saturated heterocycles. The molecular formula is C9H13F2N3O. The number of rotatable bonds is 6. The van der Waals surface area contributed by atoms with Gasteiger partial charge in [0.15, 0.2) is 0 Å². The number of hydrogen-bond donors (Lipinski definition) is 1. The summed E-state index contributed by atoms with van der Waals surface area (Å²) in [6, 6.07) is 1.71. The van der Waals surface area contributed by atoms with E-state index in [1.807, 2.05) is 0 Å². The number of aryl methyl sites for hydroxylation is 1. The van der Waals surface area contributed by atoms with Crippen molar-refractivity contribution in [3.05, 3.63) is 18.1 Å². The SMILES string of the molecule is Cc1nccc(NCCOCC(F)F)n1. The highest BCUT2D eigenvalue weighted by Gasteiger charge is 2.01. The van der Waals surface area contributed by atoms with Gasteiger partial charge in [-0.3, -0.25) is 0 Å². The number of nitrogens with one attached hydrogen (secondary N) is 1. The van der Waals surface area contributed by atoms with Gasteiger partial charge in [-0.2, -0.15) is 0 Å². The normalized spacial score (nSPS) is 10.7. The van der Waals surface area contributed by atoms with E-state index in [2.05, 4.69) is 15.3 Å². The zero-order valence-corrected chi connectivity index (χ0v) is 8.41. The fourth-order valence-corrected chi connectivity index (χ4v) is 0.978. The van der Waals surface area contributed by atoms with E-state index in [9.17, 15) is 8.78 Å². The molecule has 0 aromatic carbocycles. The van der Waals surface area contributed by atoms with Crippen molar-refractivity contribution in [3.8, 4) is 0 Å². The zero-order valence-electron chi connectivity index (χ0n) is 8.41. The minimum absolute atomic E-state index is 0.230. The second-order valence-electron chi connectivity index (χ2n) is 2.88. The maximum absolute atomic E-state index is 11.7. The van der Waals surface area contributed by atoms with Gasteiger partial charge in [0.25, 0.3) is 6.43 Å². The first-order valence-corrected chi connectivity index (χ1v) is 4.58. The Morgan fingerprint density at radius 3 is 3.00 bits per heavy atom. The standard InChI is InChI=1S/C9H13F2N3O/c1-7-12-3-2-9(14-7)13-4-5-15-6-8(10)11/h2-3,8H,4-6H2,1H3,(H,12,13,14). The first kappa shape index (κ1) is 11.8. The third-order valence-corrected chi connectivity index (χ3v) is 1.57. The first-order valence-electron chi connectivity index (χ1n) is 4.58. The van der Waals surface area contributed by atoms with E-state index in [0.717, 1.165) is 0 Å². The molecular weight excluding hydrogens is 204 g/mol. The van der Waals surface area contributed by atoms with E-state index in [1.54, 1.807) is 19.2 Å². The maximum Gasteiger partial charge on any atom is 0.261 e. The predicted octanol–water partition coefficient (Wildman–Crippen LogP) is 1.48. The summed E-state index contributed by atoms with van der Waals surface area (Å²) in [5.41, 5.74) is 0. The lowest BCUT2D eigenvalue weighted by Gasteiger charge is -2.06. The topological polar surface area (TPSA) is 47.0 Å².